The van der Waals surface area contributed by atoms with E-state index in [1.165, 1.54) is 5.56 Å². The number of carbonyl (C=O) groups excluding carboxylic acids is 1. The number of rotatable bonds is 6. The second kappa shape index (κ2) is 7.75. The Balaban J connectivity index is 1.57. The van der Waals surface area contributed by atoms with Gasteiger partial charge in [0.05, 0.1) is 6.04 Å². The number of aromatic nitrogens is 3. The summed E-state index contributed by atoms with van der Waals surface area (Å²) in [4.78, 5) is 20.6. The van der Waals surface area contributed by atoms with E-state index < -0.39 is 0 Å². The van der Waals surface area contributed by atoms with E-state index in [-0.39, 0.29) is 11.9 Å². The molecule has 2 aromatic heterocycles. The molecule has 0 radical (unpaired) electrons. The van der Waals surface area contributed by atoms with Crippen LogP contribution in [-0.2, 0) is 11.2 Å². The molecule has 25 heavy (non-hydrogen) atoms. The van der Waals surface area contributed by atoms with Crippen molar-refractivity contribution in [1.82, 2.24) is 14.5 Å². The molecule has 0 unspecified atom stereocenters. The number of nitrogens with zero attached hydrogens (tertiary/aromatic N) is 3. The predicted octanol–water partition coefficient (Wildman–Crippen LogP) is 3.77. The molecule has 1 N–H and O–H groups in total. The van der Waals surface area contributed by atoms with Gasteiger partial charge in [-0.25, -0.2) is 4.98 Å². The van der Waals surface area contributed by atoms with Crippen LogP contribution in [0.25, 0.3) is 0 Å². The Kier molecular flexibility index (Phi) is 5.23. The van der Waals surface area contributed by atoms with Crippen LogP contribution in [0.15, 0.2) is 61.1 Å². The Labute approximate surface area is 147 Å². The van der Waals surface area contributed by atoms with E-state index in [1.807, 2.05) is 61.8 Å². The number of imidazole rings is 1. The fourth-order valence-corrected chi connectivity index (χ4v) is 2.81. The molecule has 0 aliphatic heterocycles. The topological polar surface area (TPSA) is 59.8 Å². The van der Waals surface area contributed by atoms with Crippen molar-refractivity contribution in [2.45, 2.75) is 32.7 Å². The molecule has 128 valence electrons. The highest BCUT2D eigenvalue weighted by Gasteiger charge is 2.10. The van der Waals surface area contributed by atoms with E-state index >= 15 is 0 Å². The van der Waals surface area contributed by atoms with Gasteiger partial charge >= 0.3 is 0 Å². The standard InChI is InChI=1S/C20H22N4O/c1-15(24-14-13-21-16(24)2)17-6-8-19(9-7-17)23-20(25)11-10-18-5-3-4-12-22-18/h3-9,12-15H,10-11H2,1-2H3,(H,23,25)/t15-/m1/s1. The third kappa shape index (κ3) is 4.32. The Morgan fingerprint density at radius 2 is 1.92 bits per heavy atom. The molecule has 5 nitrogen and oxygen atoms in total. The van der Waals surface area contributed by atoms with Crippen molar-refractivity contribution in [1.29, 1.82) is 0 Å². The van der Waals surface area contributed by atoms with Gasteiger partial charge in [-0.15, -0.1) is 0 Å². The molecule has 0 bridgehead atoms. The van der Waals surface area contributed by atoms with Crippen LogP contribution in [0.3, 0.4) is 0 Å². The maximum atomic E-state index is 12.1. The van der Waals surface area contributed by atoms with E-state index in [0.29, 0.717) is 12.8 Å². The maximum Gasteiger partial charge on any atom is 0.224 e. The first-order valence-corrected chi connectivity index (χ1v) is 8.42. The van der Waals surface area contributed by atoms with Gasteiger partial charge in [-0.05, 0) is 50.1 Å². The zero-order chi connectivity index (χ0) is 17.6. The SMILES string of the molecule is Cc1nccn1[C@H](C)c1ccc(NC(=O)CCc2ccccn2)cc1. The lowest BCUT2D eigenvalue weighted by Gasteiger charge is -2.16. The highest BCUT2D eigenvalue weighted by atomic mass is 16.1. The summed E-state index contributed by atoms with van der Waals surface area (Å²) in [6.45, 7) is 4.13. The first-order chi connectivity index (χ1) is 12.1. The van der Waals surface area contributed by atoms with Crippen LogP contribution in [0.4, 0.5) is 5.69 Å². The van der Waals surface area contributed by atoms with Crippen LogP contribution in [-0.4, -0.2) is 20.4 Å². The first-order valence-electron chi connectivity index (χ1n) is 8.42. The number of pyridine rings is 1. The summed E-state index contributed by atoms with van der Waals surface area (Å²) in [7, 11) is 0. The van der Waals surface area contributed by atoms with Gasteiger partial charge in [-0.3, -0.25) is 9.78 Å². The second-order valence-electron chi connectivity index (χ2n) is 6.05. The van der Waals surface area contributed by atoms with Crippen LogP contribution in [0.2, 0.25) is 0 Å². The minimum atomic E-state index is -0.00287. The van der Waals surface area contributed by atoms with Crippen molar-refractivity contribution in [2.24, 2.45) is 0 Å². The van der Waals surface area contributed by atoms with E-state index in [1.54, 1.807) is 6.20 Å². The second-order valence-corrected chi connectivity index (χ2v) is 6.05. The van der Waals surface area contributed by atoms with E-state index in [4.69, 9.17) is 0 Å². The van der Waals surface area contributed by atoms with Gasteiger partial charge in [0.2, 0.25) is 5.91 Å². The van der Waals surface area contributed by atoms with E-state index in [9.17, 15) is 4.79 Å². The van der Waals surface area contributed by atoms with Crippen molar-refractivity contribution < 1.29 is 4.79 Å². The van der Waals surface area contributed by atoms with E-state index in [0.717, 1.165) is 17.2 Å². The lowest BCUT2D eigenvalue weighted by Crippen LogP contribution is -2.13. The number of hydrogen-bond acceptors (Lipinski definition) is 3. The molecular weight excluding hydrogens is 312 g/mol. The lowest BCUT2D eigenvalue weighted by atomic mass is 10.1. The molecule has 3 aromatic rings. The van der Waals surface area contributed by atoms with Crippen molar-refractivity contribution in [3.63, 3.8) is 0 Å². The summed E-state index contributed by atoms with van der Waals surface area (Å²) < 4.78 is 2.13. The molecule has 0 saturated heterocycles. The van der Waals surface area contributed by atoms with Gasteiger partial charge in [0, 0.05) is 36.4 Å². The third-order valence-corrected chi connectivity index (χ3v) is 4.29. The fourth-order valence-electron chi connectivity index (χ4n) is 2.81. The van der Waals surface area contributed by atoms with E-state index in [2.05, 4.69) is 26.8 Å². The predicted molar refractivity (Wildman–Crippen MR) is 98.4 cm³/mol. The maximum absolute atomic E-state index is 12.1. The molecule has 1 atom stereocenters. The molecule has 5 heteroatoms. The number of amides is 1. The van der Waals surface area contributed by atoms with Crippen LogP contribution in [0.1, 0.15) is 36.5 Å². The van der Waals surface area contributed by atoms with Crippen LogP contribution < -0.4 is 5.32 Å². The van der Waals surface area contributed by atoms with Crippen molar-refractivity contribution in [3.8, 4) is 0 Å². The molecule has 0 aliphatic carbocycles. The molecule has 0 fully saturated rings. The fraction of sp³-hybridized carbons (Fsp3) is 0.250. The molecule has 1 amide bonds. The minimum absolute atomic E-state index is 0.00287. The molecule has 2 heterocycles. The van der Waals surface area contributed by atoms with Crippen molar-refractivity contribution >= 4 is 11.6 Å². The summed E-state index contributed by atoms with van der Waals surface area (Å²) in [5, 5.41) is 2.94. The molecule has 3 rings (SSSR count). The average molecular weight is 334 g/mol. The van der Waals surface area contributed by atoms with Gasteiger partial charge in [0.25, 0.3) is 0 Å². The normalized spacial score (nSPS) is 11.9. The summed E-state index contributed by atoms with van der Waals surface area (Å²) >= 11 is 0. The molecule has 0 spiro atoms. The molecule has 1 aromatic carbocycles. The number of carbonyl (C=O) groups is 1. The summed E-state index contributed by atoms with van der Waals surface area (Å²) in [5.41, 5.74) is 2.91. The number of hydrogen-bond donors (Lipinski definition) is 1. The number of nitrogens with one attached hydrogen (secondary N) is 1. The summed E-state index contributed by atoms with van der Waals surface area (Å²) in [5.74, 6) is 0.983. The molecular formula is C20H22N4O. The van der Waals surface area contributed by atoms with Crippen molar-refractivity contribution in [3.05, 3.63) is 78.1 Å². The zero-order valence-corrected chi connectivity index (χ0v) is 14.5. The highest BCUT2D eigenvalue weighted by molar-refractivity contribution is 5.90. The smallest absolute Gasteiger partial charge is 0.224 e. The lowest BCUT2D eigenvalue weighted by molar-refractivity contribution is -0.116. The number of anilines is 1. The van der Waals surface area contributed by atoms with Gasteiger partial charge in [0.15, 0.2) is 0 Å². The number of benzene rings is 1. The van der Waals surface area contributed by atoms with Gasteiger partial charge in [0.1, 0.15) is 5.82 Å². The largest absolute Gasteiger partial charge is 0.328 e. The van der Waals surface area contributed by atoms with Gasteiger partial charge in [-0.2, -0.15) is 0 Å². The molecule has 0 aliphatic rings. The Morgan fingerprint density at radius 3 is 2.56 bits per heavy atom. The third-order valence-electron chi connectivity index (χ3n) is 4.29. The van der Waals surface area contributed by atoms with Crippen molar-refractivity contribution in [2.75, 3.05) is 5.32 Å². The highest BCUT2D eigenvalue weighted by Crippen LogP contribution is 2.21. The summed E-state index contributed by atoms with van der Waals surface area (Å²) in [6, 6.07) is 13.9. The first kappa shape index (κ1) is 16.9. The van der Waals surface area contributed by atoms with Crippen LogP contribution in [0, 0.1) is 6.92 Å². The van der Waals surface area contributed by atoms with Crippen LogP contribution in [0.5, 0.6) is 0 Å². The van der Waals surface area contributed by atoms with Gasteiger partial charge in [-0.1, -0.05) is 18.2 Å². The Hall–Kier alpha value is -2.95. The quantitative estimate of drug-likeness (QED) is 0.746. The zero-order valence-electron chi connectivity index (χ0n) is 14.5. The van der Waals surface area contributed by atoms with Crippen LogP contribution >= 0.6 is 0 Å². The number of aryl methyl sites for hydroxylation is 2. The monoisotopic (exact) mass is 334 g/mol. The Bertz CT molecular complexity index is 824. The Morgan fingerprint density at radius 1 is 1.12 bits per heavy atom. The van der Waals surface area contributed by atoms with Gasteiger partial charge < -0.3 is 9.88 Å². The summed E-state index contributed by atoms with van der Waals surface area (Å²) in [6.07, 6.45) is 6.59. The molecule has 0 saturated carbocycles. The average Bonchev–Trinajstić information content (AvgIpc) is 3.07. The minimum Gasteiger partial charge on any atom is -0.328 e.